The minimum Gasteiger partial charge on any atom is -0.454 e. The number of pyridine rings is 1. The molecule has 3 heterocycles. The number of carbonyl (C=O) groups is 1. The van der Waals surface area contributed by atoms with E-state index in [0.717, 1.165) is 37.3 Å². The molecule has 0 aliphatic carbocycles. The quantitative estimate of drug-likeness (QED) is 0.741. The van der Waals surface area contributed by atoms with Crippen molar-refractivity contribution in [1.82, 2.24) is 9.88 Å². The highest BCUT2D eigenvalue weighted by Gasteiger charge is 2.21. The first-order valence-corrected chi connectivity index (χ1v) is 9.69. The second kappa shape index (κ2) is 7.56. The van der Waals surface area contributed by atoms with Crippen molar-refractivity contribution < 1.29 is 14.3 Å². The molecule has 2 aliphatic heterocycles. The molecule has 1 aromatic heterocycles. The van der Waals surface area contributed by atoms with Crippen LogP contribution in [0.3, 0.4) is 0 Å². The number of hydrogen-bond donors (Lipinski definition) is 1. The molecule has 1 amide bonds. The van der Waals surface area contributed by atoms with E-state index >= 15 is 0 Å². The van der Waals surface area contributed by atoms with Crippen molar-refractivity contribution in [2.24, 2.45) is 0 Å². The van der Waals surface area contributed by atoms with Crippen LogP contribution in [0.5, 0.6) is 11.5 Å². The van der Waals surface area contributed by atoms with Crippen LogP contribution < -0.4 is 14.8 Å². The highest BCUT2D eigenvalue weighted by atomic mass is 16.7. The van der Waals surface area contributed by atoms with E-state index in [9.17, 15) is 4.79 Å². The molecule has 5 rings (SSSR count). The molecule has 0 spiro atoms. The average molecular weight is 387 g/mol. The monoisotopic (exact) mass is 387 g/mol. The van der Waals surface area contributed by atoms with Gasteiger partial charge in [-0.15, -0.1) is 0 Å². The Balaban J connectivity index is 1.31. The van der Waals surface area contributed by atoms with Gasteiger partial charge in [-0.3, -0.25) is 14.7 Å². The normalized spacial score (nSPS) is 15.0. The summed E-state index contributed by atoms with van der Waals surface area (Å²) in [6.07, 6.45) is 4.51. The molecule has 2 aromatic carbocycles. The second-order valence-electron chi connectivity index (χ2n) is 7.29. The maximum absolute atomic E-state index is 12.8. The van der Waals surface area contributed by atoms with E-state index in [1.54, 1.807) is 24.4 Å². The lowest BCUT2D eigenvalue weighted by Gasteiger charge is -2.29. The van der Waals surface area contributed by atoms with E-state index in [-0.39, 0.29) is 12.7 Å². The maximum Gasteiger partial charge on any atom is 0.255 e. The highest BCUT2D eigenvalue weighted by molar-refractivity contribution is 6.05. The van der Waals surface area contributed by atoms with Gasteiger partial charge in [-0.1, -0.05) is 30.3 Å². The van der Waals surface area contributed by atoms with Crippen molar-refractivity contribution in [3.63, 3.8) is 0 Å². The number of ether oxygens (including phenoxy) is 2. The summed E-state index contributed by atoms with van der Waals surface area (Å²) in [5.74, 6) is 1.09. The summed E-state index contributed by atoms with van der Waals surface area (Å²) in [6.45, 7) is 2.87. The van der Waals surface area contributed by atoms with Crippen LogP contribution in [0.1, 0.15) is 27.0 Å². The van der Waals surface area contributed by atoms with Gasteiger partial charge in [-0.05, 0) is 41.3 Å². The Morgan fingerprint density at radius 1 is 1.07 bits per heavy atom. The topological polar surface area (TPSA) is 63.7 Å². The number of nitrogens with zero attached hydrogens (tertiary/aromatic N) is 2. The molecule has 6 nitrogen and oxygen atoms in total. The summed E-state index contributed by atoms with van der Waals surface area (Å²) in [5, 5.41) is 3.03. The third-order valence-corrected chi connectivity index (χ3v) is 5.35. The Morgan fingerprint density at radius 2 is 1.93 bits per heavy atom. The van der Waals surface area contributed by atoms with E-state index in [4.69, 9.17) is 9.47 Å². The van der Waals surface area contributed by atoms with Crippen molar-refractivity contribution in [3.8, 4) is 11.5 Å². The summed E-state index contributed by atoms with van der Waals surface area (Å²) >= 11 is 0. The lowest BCUT2D eigenvalue weighted by atomic mass is 9.99. The smallest absolute Gasteiger partial charge is 0.255 e. The number of hydrogen-bond acceptors (Lipinski definition) is 5. The fraction of sp³-hybridized carbons (Fsp3) is 0.217. The lowest BCUT2D eigenvalue weighted by Crippen LogP contribution is -2.31. The lowest BCUT2D eigenvalue weighted by molar-refractivity contribution is 0.102. The van der Waals surface area contributed by atoms with Crippen molar-refractivity contribution in [2.75, 3.05) is 18.7 Å². The molecule has 0 radical (unpaired) electrons. The van der Waals surface area contributed by atoms with Crippen LogP contribution in [0.15, 0.2) is 60.9 Å². The van der Waals surface area contributed by atoms with Crippen LogP contribution in [0, 0.1) is 0 Å². The number of benzene rings is 2. The van der Waals surface area contributed by atoms with E-state index < -0.39 is 0 Å². The Bertz CT molecular complexity index is 1050. The first kappa shape index (κ1) is 17.7. The number of aromatic nitrogens is 1. The zero-order valence-corrected chi connectivity index (χ0v) is 15.9. The van der Waals surface area contributed by atoms with Crippen LogP contribution in [-0.4, -0.2) is 29.1 Å². The molecule has 0 bridgehead atoms. The van der Waals surface area contributed by atoms with Crippen LogP contribution in [0.25, 0.3) is 0 Å². The largest absolute Gasteiger partial charge is 0.454 e. The molecule has 29 heavy (non-hydrogen) atoms. The predicted molar refractivity (Wildman–Crippen MR) is 109 cm³/mol. The molecule has 0 fully saturated rings. The van der Waals surface area contributed by atoms with Gasteiger partial charge in [0.2, 0.25) is 6.79 Å². The number of fused-ring (bicyclic) bond motifs is 2. The summed E-state index contributed by atoms with van der Waals surface area (Å²) in [4.78, 5) is 19.5. The molecule has 0 saturated carbocycles. The molecule has 3 aromatic rings. The molecule has 146 valence electrons. The molecule has 6 heteroatoms. The number of nitrogens with one attached hydrogen (secondary N) is 1. The standard InChI is InChI=1S/C23H21N3O3/c27-23(17-6-7-21-22(10-17)29-15-28-21)25-20-12-24-11-18-14-26(9-8-19(18)20)13-16-4-2-1-3-5-16/h1-7,10-12H,8-9,13-15H2,(H,25,27). The summed E-state index contributed by atoms with van der Waals surface area (Å²) in [6, 6.07) is 15.7. The highest BCUT2D eigenvalue weighted by Crippen LogP contribution is 2.33. The Kier molecular flexibility index (Phi) is 4.62. The minimum absolute atomic E-state index is 0.176. The third-order valence-electron chi connectivity index (χ3n) is 5.35. The van der Waals surface area contributed by atoms with Gasteiger partial charge in [0.1, 0.15) is 0 Å². The Hall–Kier alpha value is -3.38. The number of amides is 1. The first-order chi connectivity index (χ1) is 14.3. The molecule has 0 saturated heterocycles. The van der Waals surface area contributed by atoms with Gasteiger partial charge in [0.05, 0.1) is 11.9 Å². The fourth-order valence-electron chi connectivity index (χ4n) is 3.87. The zero-order chi connectivity index (χ0) is 19.6. The zero-order valence-electron chi connectivity index (χ0n) is 15.9. The van der Waals surface area contributed by atoms with Crippen molar-refractivity contribution in [3.05, 3.63) is 83.2 Å². The Morgan fingerprint density at radius 3 is 2.83 bits per heavy atom. The molecule has 2 aliphatic rings. The average Bonchev–Trinajstić information content (AvgIpc) is 3.22. The van der Waals surface area contributed by atoms with E-state index in [1.807, 2.05) is 12.3 Å². The molecular formula is C23H21N3O3. The van der Waals surface area contributed by atoms with E-state index in [2.05, 4.69) is 39.5 Å². The van der Waals surface area contributed by atoms with Crippen molar-refractivity contribution >= 4 is 11.6 Å². The van der Waals surface area contributed by atoms with Crippen LogP contribution in [0.4, 0.5) is 5.69 Å². The number of rotatable bonds is 4. The summed E-state index contributed by atoms with van der Waals surface area (Å²) < 4.78 is 10.7. The van der Waals surface area contributed by atoms with Gasteiger partial charge in [-0.2, -0.15) is 0 Å². The maximum atomic E-state index is 12.8. The van der Waals surface area contributed by atoms with E-state index in [1.165, 1.54) is 11.1 Å². The van der Waals surface area contributed by atoms with Gasteiger partial charge in [-0.25, -0.2) is 0 Å². The molecule has 0 atom stereocenters. The molecular weight excluding hydrogens is 366 g/mol. The van der Waals surface area contributed by atoms with E-state index in [0.29, 0.717) is 17.1 Å². The summed E-state index contributed by atoms with van der Waals surface area (Å²) in [7, 11) is 0. The minimum atomic E-state index is -0.176. The van der Waals surface area contributed by atoms with Gasteiger partial charge < -0.3 is 14.8 Å². The van der Waals surface area contributed by atoms with Gasteiger partial charge >= 0.3 is 0 Å². The van der Waals surface area contributed by atoms with Gasteiger partial charge in [0.15, 0.2) is 11.5 Å². The van der Waals surface area contributed by atoms with Crippen LogP contribution in [-0.2, 0) is 19.5 Å². The summed E-state index contributed by atoms with van der Waals surface area (Å²) in [5.41, 5.74) is 4.95. The first-order valence-electron chi connectivity index (χ1n) is 9.69. The number of anilines is 1. The Labute approximate surface area is 169 Å². The fourth-order valence-corrected chi connectivity index (χ4v) is 3.87. The van der Waals surface area contributed by atoms with Crippen molar-refractivity contribution in [1.29, 1.82) is 0 Å². The van der Waals surface area contributed by atoms with Gasteiger partial charge in [0.25, 0.3) is 5.91 Å². The second-order valence-corrected chi connectivity index (χ2v) is 7.29. The number of carbonyl (C=O) groups excluding carboxylic acids is 1. The molecule has 0 unspecified atom stereocenters. The van der Waals surface area contributed by atoms with Gasteiger partial charge in [0, 0.05) is 31.4 Å². The molecule has 1 N–H and O–H groups in total. The van der Waals surface area contributed by atoms with Crippen LogP contribution in [0.2, 0.25) is 0 Å². The third kappa shape index (κ3) is 3.67. The SMILES string of the molecule is O=C(Nc1cncc2c1CCN(Cc1ccccc1)C2)c1ccc2c(c1)OCO2. The van der Waals surface area contributed by atoms with Crippen LogP contribution >= 0.6 is 0 Å². The predicted octanol–water partition coefficient (Wildman–Crippen LogP) is 3.62. The van der Waals surface area contributed by atoms with Crippen molar-refractivity contribution in [2.45, 2.75) is 19.5 Å².